The van der Waals surface area contributed by atoms with Crippen molar-refractivity contribution < 1.29 is 9.72 Å². The summed E-state index contributed by atoms with van der Waals surface area (Å²) in [7, 11) is 0. The minimum Gasteiger partial charge on any atom is -0.345 e. The average molecular weight is 247 g/mol. The first-order chi connectivity index (χ1) is 8.66. The van der Waals surface area contributed by atoms with E-state index >= 15 is 0 Å². The van der Waals surface area contributed by atoms with Gasteiger partial charge in [0.1, 0.15) is 12.2 Å². The molecule has 18 heavy (non-hydrogen) atoms. The Morgan fingerprint density at radius 2 is 2.11 bits per heavy atom. The Morgan fingerprint density at radius 3 is 2.67 bits per heavy atom. The molecule has 0 saturated carbocycles. The third-order valence-electron chi connectivity index (χ3n) is 2.22. The number of benzene rings is 1. The average Bonchev–Trinajstić information content (AvgIpc) is 2.89. The number of H-pyrrole nitrogens is 1. The molecule has 8 heteroatoms. The molecule has 0 bridgehead atoms. The van der Waals surface area contributed by atoms with Crippen molar-refractivity contribution in [1.29, 1.82) is 0 Å². The number of nitro groups is 1. The molecule has 1 amide bonds. The van der Waals surface area contributed by atoms with E-state index < -0.39 is 4.92 Å². The van der Waals surface area contributed by atoms with Crippen molar-refractivity contribution in [3.05, 3.63) is 52.1 Å². The van der Waals surface area contributed by atoms with Crippen molar-refractivity contribution in [3.8, 4) is 0 Å². The number of nitrogens with one attached hydrogen (secondary N) is 2. The highest BCUT2D eigenvalue weighted by atomic mass is 16.6. The monoisotopic (exact) mass is 247 g/mol. The summed E-state index contributed by atoms with van der Waals surface area (Å²) in [5.74, 6) is 0.201. The number of hydrogen-bond donors (Lipinski definition) is 2. The van der Waals surface area contributed by atoms with Gasteiger partial charge in [-0.25, -0.2) is 4.98 Å². The molecule has 1 heterocycles. The van der Waals surface area contributed by atoms with Crippen LogP contribution in [0.2, 0.25) is 0 Å². The Bertz CT molecular complexity index is 549. The van der Waals surface area contributed by atoms with Crippen LogP contribution >= 0.6 is 0 Å². The molecular weight excluding hydrogens is 238 g/mol. The van der Waals surface area contributed by atoms with Crippen LogP contribution in [0.5, 0.6) is 0 Å². The number of non-ortho nitro benzene ring substituents is 1. The largest absolute Gasteiger partial charge is 0.345 e. The number of hydrogen-bond acceptors (Lipinski definition) is 5. The third-order valence-corrected chi connectivity index (χ3v) is 2.22. The van der Waals surface area contributed by atoms with Crippen molar-refractivity contribution in [1.82, 2.24) is 20.5 Å². The number of nitro benzene ring substituents is 1. The van der Waals surface area contributed by atoms with E-state index in [9.17, 15) is 14.9 Å². The molecule has 0 aliphatic rings. The van der Waals surface area contributed by atoms with Gasteiger partial charge >= 0.3 is 0 Å². The Kier molecular flexibility index (Phi) is 3.28. The quantitative estimate of drug-likeness (QED) is 0.608. The predicted octanol–water partition coefficient (Wildman–Crippen LogP) is 0.643. The van der Waals surface area contributed by atoms with Crippen molar-refractivity contribution >= 4 is 11.6 Å². The molecule has 0 unspecified atom stereocenters. The van der Waals surface area contributed by atoms with Crippen LogP contribution in [-0.4, -0.2) is 26.0 Å². The van der Waals surface area contributed by atoms with E-state index in [2.05, 4.69) is 20.5 Å². The summed E-state index contributed by atoms with van der Waals surface area (Å²) in [6.45, 7) is 0.218. The number of rotatable bonds is 4. The van der Waals surface area contributed by atoms with Crippen molar-refractivity contribution in [2.75, 3.05) is 0 Å². The van der Waals surface area contributed by atoms with Gasteiger partial charge in [-0.3, -0.25) is 20.0 Å². The minimum absolute atomic E-state index is 0.0539. The highest BCUT2D eigenvalue weighted by Crippen LogP contribution is 2.11. The zero-order valence-corrected chi connectivity index (χ0v) is 9.16. The van der Waals surface area contributed by atoms with Gasteiger partial charge in [0, 0.05) is 17.7 Å². The minimum atomic E-state index is -0.518. The van der Waals surface area contributed by atoms with E-state index in [1.54, 1.807) is 0 Å². The summed E-state index contributed by atoms with van der Waals surface area (Å²) in [4.78, 5) is 25.5. The van der Waals surface area contributed by atoms with Gasteiger partial charge in [-0.15, -0.1) is 0 Å². The third kappa shape index (κ3) is 2.67. The van der Waals surface area contributed by atoms with Gasteiger partial charge in [0.2, 0.25) is 0 Å². The lowest BCUT2D eigenvalue weighted by molar-refractivity contribution is -0.384. The van der Waals surface area contributed by atoms with Crippen LogP contribution in [0.25, 0.3) is 0 Å². The number of aromatic amines is 1. The first kappa shape index (κ1) is 11.7. The number of amides is 1. The lowest BCUT2D eigenvalue weighted by Gasteiger charge is -2.02. The maximum absolute atomic E-state index is 11.7. The fourth-order valence-electron chi connectivity index (χ4n) is 1.32. The summed E-state index contributed by atoms with van der Waals surface area (Å²) >= 11 is 0. The second-order valence-corrected chi connectivity index (χ2v) is 3.42. The normalized spacial score (nSPS) is 10.0. The van der Waals surface area contributed by atoms with Gasteiger partial charge in [0.25, 0.3) is 11.6 Å². The van der Waals surface area contributed by atoms with Gasteiger partial charge in [-0.2, -0.15) is 5.10 Å². The molecule has 0 fully saturated rings. The summed E-state index contributed by atoms with van der Waals surface area (Å²) in [6, 6.07) is 5.36. The van der Waals surface area contributed by atoms with Crippen LogP contribution in [0.1, 0.15) is 16.2 Å². The highest BCUT2D eigenvalue weighted by Gasteiger charge is 2.09. The Balaban J connectivity index is 1.98. The van der Waals surface area contributed by atoms with E-state index in [4.69, 9.17) is 0 Å². The van der Waals surface area contributed by atoms with Crippen LogP contribution in [-0.2, 0) is 6.54 Å². The molecule has 92 valence electrons. The van der Waals surface area contributed by atoms with Crippen LogP contribution < -0.4 is 5.32 Å². The second kappa shape index (κ2) is 5.04. The highest BCUT2D eigenvalue weighted by molar-refractivity contribution is 5.94. The second-order valence-electron chi connectivity index (χ2n) is 3.42. The molecule has 2 aromatic rings. The predicted molar refractivity (Wildman–Crippen MR) is 60.6 cm³/mol. The molecule has 2 rings (SSSR count). The Hall–Kier alpha value is -2.77. The summed E-state index contributed by atoms with van der Waals surface area (Å²) in [5.41, 5.74) is 0.293. The zero-order valence-electron chi connectivity index (χ0n) is 9.16. The van der Waals surface area contributed by atoms with Crippen LogP contribution in [0.3, 0.4) is 0 Å². The number of aromatic nitrogens is 3. The van der Waals surface area contributed by atoms with Crippen molar-refractivity contribution in [3.63, 3.8) is 0 Å². The van der Waals surface area contributed by atoms with Gasteiger partial charge in [0.15, 0.2) is 0 Å². The molecule has 1 aromatic heterocycles. The molecule has 0 atom stereocenters. The van der Waals surface area contributed by atoms with E-state index in [1.165, 1.54) is 30.6 Å². The summed E-state index contributed by atoms with van der Waals surface area (Å²) in [5, 5.41) is 19.3. The molecule has 8 nitrogen and oxygen atoms in total. The van der Waals surface area contributed by atoms with Crippen LogP contribution in [0.4, 0.5) is 5.69 Å². The standard InChI is InChI=1S/C10H9N5O3/c16-10(11-5-9-12-6-13-14-9)7-1-3-8(4-2-7)15(17)18/h1-4,6H,5H2,(H,11,16)(H,12,13,14). The smallest absolute Gasteiger partial charge is 0.269 e. The van der Waals surface area contributed by atoms with E-state index in [0.29, 0.717) is 11.4 Å². The van der Waals surface area contributed by atoms with Gasteiger partial charge in [0.05, 0.1) is 11.5 Å². The van der Waals surface area contributed by atoms with Crippen molar-refractivity contribution in [2.24, 2.45) is 0 Å². The zero-order chi connectivity index (χ0) is 13.0. The lowest BCUT2D eigenvalue weighted by atomic mass is 10.2. The van der Waals surface area contributed by atoms with Gasteiger partial charge in [-0.05, 0) is 12.1 Å². The molecular formula is C10H9N5O3. The summed E-state index contributed by atoms with van der Waals surface area (Å²) < 4.78 is 0. The Labute approximate surface area is 101 Å². The maximum atomic E-state index is 11.7. The Morgan fingerprint density at radius 1 is 1.39 bits per heavy atom. The lowest BCUT2D eigenvalue weighted by Crippen LogP contribution is -2.23. The molecule has 0 spiro atoms. The van der Waals surface area contributed by atoms with Crippen LogP contribution in [0, 0.1) is 10.1 Å². The van der Waals surface area contributed by atoms with Gasteiger partial charge < -0.3 is 5.32 Å². The molecule has 0 radical (unpaired) electrons. The molecule has 2 N–H and O–H groups in total. The number of carbonyl (C=O) groups excluding carboxylic acids is 1. The molecule has 1 aromatic carbocycles. The number of carbonyl (C=O) groups is 1. The SMILES string of the molecule is O=C(NCc1ncn[nH]1)c1ccc([N+](=O)[O-])cc1. The molecule has 0 aliphatic heterocycles. The summed E-state index contributed by atoms with van der Waals surface area (Å²) in [6.07, 6.45) is 1.34. The first-order valence-electron chi connectivity index (χ1n) is 5.03. The fourth-order valence-corrected chi connectivity index (χ4v) is 1.32. The maximum Gasteiger partial charge on any atom is 0.269 e. The topological polar surface area (TPSA) is 114 Å². The molecule has 0 aliphatic carbocycles. The number of nitrogens with zero attached hydrogens (tertiary/aromatic N) is 3. The first-order valence-corrected chi connectivity index (χ1v) is 5.03. The van der Waals surface area contributed by atoms with Crippen LogP contribution in [0.15, 0.2) is 30.6 Å². The van der Waals surface area contributed by atoms with Gasteiger partial charge in [-0.1, -0.05) is 0 Å². The van der Waals surface area contributed by atoms with Crippen molar-refractivity contribution in [2.45, 2.75) is 6.54 Å². The van der Waals surface area contributed by atoms with E-state index in [0.717, 1.165) is 0 Å². The van der Waals surface area contributed by atoms with E-state index in [1.807, 2.05) is 0 Å². The fraction of sp³-hybridized carbons (Fsp3) is 0.100. The van der Waals surface area contributed by atoms with E-state index in [-0.39, 0.29) is 18.1 Å². The molecule has 0 saturated heterocycles.